The number of benzene rings is 1. The molecule has 3 N–H and O–H groups in total. The van der Waals surface area contributed by atoms with Crippen LogP contribution >= 0.6 is 0 Å². The van der Waals surface area contributed by atoms with Crippen molar-refractivity contribution in [2.45, 2.75) is 19.4 Å². The molecule has 1 atom stereocenters. The summed E-state index contributed by atoms with van der Waals surface area (Å²) >= 11 is 0. The average molecular weight is 254 g/mol. The molecule has 1 rings (SSSR count). The van der Waals surface area contributed by atoms with Crippen molar-refractivity contribution in [3.05, 3.63) is 35.1 Å². The largest absolute Gasteiger partial charge is 0.383 e. The van der Waals surface area contributed by atoms with Crippen molar-refractivity contribution in [3.63, 3.8) is 0 Å². The number of methoxy groups -OCH3 is 1. The van der Waals surface area contributed by atoms with E-state index < -0.39 is 11.7 Å². The first-order chi connectivity index (χ1) is 8.60. The molecule has 0 radical (unpaired) electrons. The number of halogens is 1. The van der Waals surface area contributed by atoms with E-state index >= 15 is 0 Å². The SMILES string of the molecule is COCC(CCN)NC(=O)c1cccc(C)c1F. The molecule has 1 amide bonds. The molecule has 0 aliphatic carbocycles. The van der Waals surface area contributed by atoms with Crippen LogP contribution in [0.5, 0.6) is 0 Å². The minimum Gasteiger partial charge on any atom is -0.383 e. The Bertz CT molecular complexity index is 404. The fourth-order valence-corrected chi connectivity index (χ4v) is 1.69. The maximum absolute atomic E-state index is 13.8. The molecule has 100 valence electrons. The van der Waals surface area contributed by atoms with Gasteiger partial charge in [-0.05, 0) is 31.5 Å². The molecule has 1 unspecified atom stereocenters. The van der Waals surface area contributed by atoms with Crippen LogP contribution in [0.3, 0.4) is 0 Å². The molecule has 0 saturated heterocycles. The van der Waals surface area contributed by atoms with Crippen LogP contribution in [-0.4, -0.2) is 32.2 Å². The lowest BCUT2D eigenvalue weighted by Gasteiger charge is -2.17. The molecule has 0 spiro atoms. The summed E-state index contributed by atoms with van der Waals surface area (Å²) in [6, 6.07) is 4.54. The summed E-state index contributed by atoms with van der Waals surface area (Å²) in [4.78, 5) is 11.9. The van der Waals surface area contributed by atoms with Crippen LogP contribution in [0, 0.1) is 12.7 Å². The number of ether oxygens (including phenoxy) is 1. The minimum atomic E-state index is -0.487. The lowest BCUT2D eigenvalue weighted by molar-refractivity contribution is 0.0889. The highest BCUT2D eigenvalue weighted by atomic mass is 19.1. The molecular formula is C13H19FN2O2. The molecule has 0 aliphatic heterocycles. The molecular weight excluding hydrogens is 235 g/mol. The molecule has 0 aromatic heterocycles. The number of hydrogen-bond acceptors (Lipinski definition) is 3. The van der Waals surface area contributed by atoms with Crippen molar-refractivity contribution in [2.75, 3.05) is 20.3 Å². The van der Waals surface area contributed by atoms with E-state index in [-0.39, 0.29) is 11.6 Å². The Morgan fingerprint density at radius 1 is 1.56 bits per heavy atom. The zero-order valence-corrected chi connectivity index (χ0v) is 10.7. The van der Waals surface area contributed by atoms with Crippen LogP contribution in [0.1, 0.15) is 22.3 Å². The fraction of sp³-hybridized carbons (Fsp3) is 0.462. The predicted molar refractivity (Wildman–Crippen MR) is 67.9 cm³/mol. The van der Waals surface area contributed by atoms with E-state index in [9.17, 15) is 9.18 Å². The zero-order valence-electron chi connectivity index (χ0n) is 10.7. The Balaban J connectivity index is 2.77. The number of nitrogens with one attached hydrogen (secondary N) is 1. The molecule has 0 heterocycles. The van der Waals surface area contributed by atoms with E-state index in [4.69, 9.17) is 10.5 Å². The van der Waals surface area contributed by atoms with E-state index in [1.807, 2.05) is 0 Å². The number of nitrogens with two attached hydrogens (primary N) is 1. The van der Waals surface area contributed by atoms with Gasteiger partial charge in [-0.2, -0.15) is 0 Å². The molecule has 0 aliphatic rings. The van der Waals surface area contributed by atoms with E-state index in [0.717, 1.165) is 0 Å². The Morgan fingerprint density at radius 2 is 2.28 bits per heavy atom. The van der Waals surface area contributed by atoms with Crippen molar-refractivity contribution in [1.82, 2.24) is 5.32 Å². The van der Waals surface area contributed by atoms with Gasteiger partial charge in [-0.3, -0.25) is 4.79 Å². The molecule has 0 fully saturated rings. The zero-order chi connectivity index (χ0) is 13.5. The van der Waals surface area contributed by atoms with Crippen molar-refractivity contribution in [2.24, 2.45) is 5.73 Å². The monoisotopic (exact) mass is 254 g/mol. The normalized spacial score (nSPS) is 12.2. The molecule has 0 bridgehead atoms. The van der Waals surface area contributed by atoms with Crippen LogP contribution in [-0.2, 0) is 4.74 Å². The lowest BCUT2D eigenvalue weighted by atomic mass is 10.1. The van der Waals surface area contributed by atoms with Gasteiger partial charge in [0.15, 0.2) is 0 Å². The summed E-state index contributed by atoms with van der Waals surface area (Å²) in [6.45, 7) is 2.42. The van der Waals surface area contributed by atoms with Gasteiger partial charge in [-0.15, -0.1) is 0 Å². The van der Waals surface area contributed by atoms with Gasteiger partial charge in [-0.1, -0.05) is 12.1 Å². The molecule has 5 heteroatoms. The Hall–Kier alpha value is -1.46. The third-order valence-electron chi connectivity index (χ3n) is 2.65. The highest BCUT2D eigenvalue weighted by molar-refractivity contribution is 5.94. The maximum Gasteiger partial charge on any atom is 0.254 e. The number of aryl methyl sites for hydroxylation is 1. The van der Waals surface area contributed by atoms with Gasteiger partial charge in [0, 0.05) is 7.11 Å². The summed E-state index contributed by atoms with van der Waals surface area (Å²) < 4.78 is 18.7. The van der Waals surface area contributed by atoms with Crippen molar-refractivity contribution < 1.29 is 13.9 Å². The van der Waals surface area contributed by atoms with Crippen LogP contribution in [0.2, 0.25) is 0 Å². The maximum atomic E-state index is 13.8. The van der Waals surface area contributed by atoms with E-state index in [1.54, 1.807) is 26.2 Å². The van der Waals surface area contributed by atoms with Gasteiger partial charge in [0.25, 0.3) is 5.91 Å². The number of rotatable bonds is 6. The first-order valence-electron chi connectivity index (χ1n) is 5.85. The molecule has 1 aromatic carbocycles. The highest BCUT2D eigenvalue weighted by Gasteiger charge is 2.17. The summed E-state index contributed by atoms with van der Waals surface area (Å²) in [5.41, 5.74) is 5.95. The number of carbonyl (C=O) groups is 1. The predicted octanol–water partition coefficient (Wildman–Crippen LogP) is 1.23. The quantitative estimate of drug-likeness (QED) is 0.802. The number of carbonyl (C=O) groups excluding carboxylic acids is 1. The minimum absolute atomic E-state index is 0.0492. The highest BCUT2D eigenvalue weighted by Crippen LogP contribution is 2.12. The third kappa shape index (κ3) is 3.78. The number of hydrogen-bond donors (Lipinski definition) is 2. The third-order valence-corrected chi connectivity index (χ3v) is 2.65. The second-order valence-electron chi connectivity index (χ2n) is 4.14. The summed E-state index contributed by atoms with van der Waals surface area (Å²) in [5.74, 6) is -0.925. The van der Waals surface area contributed by atoms with Gasteiger partial charge in [0.05, 0.1) is 18.2 Å². The molecule has 1 aromatic rings. The van der Waals surface area contributed by atoms with Crippen LogP contribution in [0.4, 0.5) is 4.39 Å². The van der Waals surface area contributed by atoms with E-state index in [0.29, 0.717) is 25.1 Å². The van der Waals surface area contributed by atoms with Gasteiger partial charge < -0.3 is 15.8 Å². The second kappa shape index (κ2) is 7.08. The van der Waals surface area contributed by atoms with Crippen molar-refractivity contribution in [3.8, 4) is 0 Å². The van der Waals surface area contributed by atoms with Gasteiger partial charge in [-0.25, -0.2) is 4.39 Å². The Morgan fingerprint density at radius 3 is 2.89 bits per heavy atom. The fourth-order valence-electron chi connectivity index (χ4n) is 1.69. The Kier molecular flexibility index (Phi) is 5.74. The Labute approximate surface area is 106 Å². The van der Waals surface area contributed by atoms with Crippen LogP contribution in [0.15, 0.2) is 18.2 Å². The molecule has 4 nitrogen and oxygen atoms in total. The van der Waals surface area contributed by atoms with Gasteiger partial charge in [0.2, 0.25) is 0 Å². The average Bonchev–Trinajstić information content (AvgIpc) is 2.33. The van der Waals surface area contributed by atoms with Crippen LogP contribution < -0.4 is 11.1 Å². The molecule has 0 saturated carbocycles. The lowest BCUT2D eigenvalue weighted by Crippen LogP contribution is -2.39. The summed E-state index contributed by atoms with van der Waals surface area (Å²) in [5, 5.41) is 2.72. The van der Waals surface area contributed by atoms with Gasteiger partial charge in [0.1, 0.15) is 5.82 Å². The van der Waals surface area contributed by atoms with Crippen molar-refractivity contribution in [1.29, 1.82) is 0 Å². The second-order valence-corrected chi connectivity index (χ2v) is 4.14. The topological polar surface area (TPSA) is 64.3 Å². The first kappa shape index (κ1) is 14.6. The van der Waals surface area contributed by atoms with E-state index in [1.165, 1.54) is 6.07 Å². The standard InChI is InChI=1S/C13H19FN2O2/c1-9-4-3-5-11(12(9)14)13(17)16-10(6-7-15)8-18-2/h3-5,10H,6-8,15H2,1-2H3,(H,16,17). The summed E-state index contributed by atoms with van der Waals surface area (Å²) in [6.07, 6.45) is 0.590. The molecule has 18 heavy (non-hydrogen) atoms. The number of amides is 1. The first-order valence-corrected chi connectivity index (χ1v) is 5.85. The van der Waals surface area contributed by atoms with Crippen molar-refractivity contribution >= 4 is 5.91 Å². The summed E-state index contributed by atoms with van der Waals surface area (Å²) in [7, 11) is 1.54. The van der Waals surface area contributed by atoms with E-state index in [2.05, 4.69) is 5.32 Å². The van der Waals surface area contributed by atoms with Gasteiger partial charge >= 0.3 is 0 Å². The smallest absolute Gasteiger partial charge is 0.254 e. The van der Waals surface area contributed by atoms with Crippen LogP contribution in [0.25, 0.3) is 0 Å².